The van der Waals surface area contributed by atoms with Gasteiger partial charge >= 0.3 is 0 Å². The second-order valence-electron chi connectivity index (χ2n) is 19.4. The van der Waals surface area contributed by atoms with Crippen molar-refractivity contribution in [3.63, 3.8) is 0 Å². The Morgan fingerprint density at radius 2 is 1.10 bits per heavy atom. The number of nitrogens with two attached hydrogens (primary N) is 2. The van der Waals surface area contributed by atoms with Gasteiger partial charge in [0.05, 0.1) is 46.0 Å². The highest BCUT2D eigenvalue weighted by atomic mass is 32.2. The number of aromatic nitrogens is 2. The van der Waals surface area contributed by atoms with Crippen LogP contribution in [0.4, 0.5) is 11.4 Å². The zero-order valence-electron chi connectivity index (χ0n) is 44.4. The Hall–Kier alpha value is -8.48. The summed E-state index contributed by atoms with van der Waals surface area (Å²) in [6.45, 7) is 9.92. The fourth-order valence-corrected chi connectivity index (χ4v) is 10.9. The average Bonchev–Trinajstić information content (AvgIpc) is 3.49. The minimum Gasteiger partial charge on any atom is -0.487 e. The summed E-state index contributed by atoms with van der Waals surface area (Å²) in [7, 11) is -7.59. The van der Waals surface area contributed by atoms with E-state index >= 15 is 0 Å². The summed E-state index contributed by atoms with van der Waals surface area (Å²) >= 11 is 0. The average molecular weight is 1100 g/mol. The van der Waals surface area contributed by atoms with Crippen molar-refractivity contribution in [2.75, 3.05) is 10.6 Å². The van der Waals surface area contributed by atoms with Crippen LogP contribution in [-0.2, 0) is 59.6 Å². The highest BCUT2D eigenvalue weighted by Crippen LogP contribution is 2.33. The summed E-state index contributed by atoms with van der Waals surface area (Å²) < 4.78 is 65.2. The van der Waals surface area contributed by atoms with Crippen LogP contribution in [0.5, 0.6) is 11.5 Å². The number of pyridine rings is 2. The van der Waals surface area contributed by atoms with Crippen molar-refractivity contribution in [3.8, 4) is 39.8 Å². The van der Waals surface area contributed by atoms with E-state index in [1.54, 1.807) is 73.1 Å². The fraction of sp³-hybridized carbons (Fsp3) is 0.200. The normalized spacial score (nSPS) is 11.4. The summed E-state index contributed by atoms with van der Waals surface area (Å²) in [5.74, 6) is 1.13. The van der Waals surface area contributed by atoms with Crippen LogP contribution in [0.25, 0.3) is 22.3 Å². The van der Waals surface area contributed by atoms with Crippen molar-refractivity contribution in [2.24, 2.45) is 10.9 Å². The Labute approximate surface area is 461 Å². The number of hydrogen-bond donors (Lipinski definition) is 8. The van der Waals surface area contributed by atoms with Gasteiger partial charge in [-0.3, -0.25) is 15.4 Å². The molecule has 79 heavy (non-hydrogen) atoms. The molecular weight excluding hydrogens is 1040 g/mol. The molecule has 0 spiro atoms. The van der Waals surface area contributed by atoms with E-state index in [-0.39, 0.29) is 42.1 Å². The first kappa shape index (κ1) is 58.2. The van der Waals surface area contributed by atoms with Crippen LogP contribution in [0.3, 0.4) is 0 Å². The van der Waals surface area contributed by atoms with Gasteiger partial charge in [-0.2, -0.15) is 5.26 Å². The molecule has 0 atom stereocenters. The zero-order chi connectivity index (χ0) is 56.9. The maximum atomic E-state index is 13.1. The third kappa shape index (κ3) is 15.4. The highest BCUT2D eigenvalue weighted by molar-refractivity contribution is 7.89. The molecule has 0 aliphatic heterocycles. The first-order valence-electron chi connectivity index (χ1n) is 25.0. The predicted octanol–water partition coefficient (Wildman–Crippen LogP) is 9.36. The van der Waals surface area contributed by atoms with E-state index in [2.05, 4.69) is 31.4 Å². The van der Waals surface area contributed by atoms with Gasteiger partial charge in [-0.15, -0.1) is 0 Å². The molecule has 6 aromatic carbocycles. The highest BCUT2D eigenvalue weighted by Gasteiger charge is 2.25. The third-order valence-electron chi connectivity index (χ3n) is 12.4. The second-order valence-corrected chi connectivity index (χ2v) is 22.6. The Balaban J connectivity index is 0.000000229. The number of nitriles is 1. The summed E-state index contributed by atoms with van der Waals surface area (Å²) in [4.78, 5) is 9.04. The summed E-state index contributed by atoms with van der Waals surface area (Å²) in [5.41, 5.74) is 16.3. The maximum Gasteiger partial charge on any atom is 0.241 e. The van der Waals surface area contributed by atoms with E-state index in [9.17, 15) is 32.3 Å². The lowest BCUT2D eigenvalue weighted by atomic mass is 10.0. The smallest absolute Gasteiger partial charge is 0.241 e. The molecule has 0 unspecified atom stereocenters. The maximum absolute atomic E-state index is 13.1. The quantitative estimate of drug-likeness (QED) is 0.0261. The van der Waals surface area contributed by atoms with Gasteiger partial charge in [0.1, 0.15) is 30.5 Å². The fourth-order valence-electron chi connectivity index (χ4n) is 8.53. The van der Waals surface area contributed by atoms with E-state index in [1.165, 1.54) is 6.07 Å². The lowest BCUT2D eigenvalue weighted by Gasteiger charge is -2.21. The van der Waals surface area contributed by atoms with Gasteiger partial charge in [-0.1, -0.05) is 91.0 Å². The number of nitrogens with zero attached hydrogens (tertiary/aromatic N) is 3. The summed E-state index contributed by atoms with van der Waals surface area (Å²) in [6, 6.07) is 45.0. The molecule has 8 aromatic rings. The van der Waals surface area contributed by atoms with Gasteiger partial charge in [-0.05, 0) is 111 Å². The number of aliphatic hydroxyl groups excluding tert-OH is 2. The molecule has 0 fully saturated rings. The number of amidine groups is 1. The third-order valence-corrected chi connectivity index (χ3v) is 15.1. The van der Waals surface area contributed by atoms with E-state index < -0.39 is 25.6 Å². The van der Waals surface area contributed by atoms with Gasteiger partial charge in [-0.25, -0.2) is 26.7 Å². The van der Waals surface area contributed by atoms with Crippen molar-refractivity contribution in [1.82, 2.24) is 14.7 Å². The zero-order valence-corrected chi connectivity index (χ0v) is 46.0. The van der Waals surface area contributed by atoms with Crippen molar-refractivity contribution >= 4 is 37.3 Å². The van der Waals surface area contributed by atoms with Crippen LogP contribution in [0.15, 0.2) is 168 Å². The Morgan fingerprint density at radius 1 is 0.646 bits per heavy atom. The second kappa shape index (κ2) is 25.8. The molecule has 408 valence electrons. The molecule has 17 nitrogen and oxygen atoms in total. The lowest BCUT2D eigenvalue weighted by Crippen LogP contribution is -2.40. The van der Waals surface area contributed by atoms with Crippen LogP contribution in [0.1, 0.15) is 76.7 Å². The van der Waals surface area contributed by atoms with E-state index in [4.69, 9.17) is 25.8 Å². The van der Waals surface area contributed by atoms with Gasteiger partial charge in [0.2, 0.25) is 20.0 Å². The molecule has 0 amide bonds. The molecule has 19 heteroatoms. The molecule has 0 saturated heterocycles. The Kier molecular flexibility index (Phi) is 19.0. The number of anilines is 2. The van der Waals surface area contributed by atoms with Crippen LogP contribution >= 0.6 is 0 Å². The molecule has 10 N–H and O–H groups in total. The standard InChI is InChI=1S/C32H34N4O4S.C28H29N5O4S/c1-22-31(40-21-24-9-7-8-23(16-24)17-33)29(26(20-37)18-34-22)19-35-27-14-12-25(13-15-27)28-10-5-6-11-30(28)41(38,39)36-32(2,3)4;1-18-27(37-17-19-5-4-6-21(13-19)28(29)30)25(22(16-34)14-32-18)15-33-23-11-9-20(10-12-23)24-7-2-3-8-26(24)38(31,35)36/h5-16,18,35-37H,19-21H2,1-4H3;2-14,33-34H,15-17H2,1H3,(H3,29,30)(H2,31,35,36). The van der Waals surface area contributed by atoms with Crippen molar-refractivity contribution in [3.05, 3.63) is 214 Å². The first-order chi connectivity index (χ1) is 37.7. The van der Waals surface area contributed by atoms with Crippen molar-refractivity contribution in [1.29, 1.82) is 10.7 Å². The monoisotopic (exact) mass is 1100 g/mol. The van der Waals surface area contributed by atoms with Crippen LogP contribution in [0, 0.1) is 30.6 Å². The summed E-state index contributed by atoms with van der Waals surface area (Å²) in [5, 5.41) is 48.9. The SMILES string of the molecule is Cc1ncc(CO)c(CNc2ccc(-c3ccccc3S(=O)(=O)NC(C)(C)C)cc2)c1OCc1cccc(C#N)c1.Cc1ncc(CO)c(CNc2ccc(-c3ccccc3S(N)(=O)=O)cc2)c1OCc1cccc(C(=N)N)c1. The number of aliphatic hydroxyl groups is 2. The number of ether oxygens (including phenoxy) is 2. The predicted molar refractivity (Wildman–Crippen MR) is 307 cm³/mol. The molecular formula is C60H63N9O8S2. The Bertz CT molecular complexity index is 3730. The van der Waals surface area contributed by atoms with E-state index in [0.29, 0.717) is 74.9 Å². The minimum absolute atomic E-state index is 0.0176. The molecule has 0 bridgehead atoms. The number of primary sulfonamides is 1. The van der Waals surface area contributed by atoms with E-state index in [0.717, 1.165) is 39.2 Å². The molecule has 0 radical (unpaired) electrons. The molecule has 2 aromatic heterocycles. The van der Waals surface area contributed by atoms with Crippen molar-refractivity contribution in [2.45, 2.75) is 89.5 Å². The van der Waals surface area contributed by atoms with Crippen LogP contribution in [-0.4, -0.2) is 48.4 Å². The number of hydrogen-bond acceptors (Lipinski definition) is 14. The van der Waals surface area contributed by atoms with Gasteiger partial charge in [0.15, 0.2) is 0 Å². The number of aryl methyl sites for hydroxylation is 2. The number of nitrogens with one attached hydrogen (secondary N) is 4. The summed E-state index contributed by atoms with van der Waals surface area (Å²) in [6.07, 6.45) is 3.27. The number of rotatable bonds is 20. The van der Waals surface area contributed by atoms with Crippen LogP contribution < -0.4 is 35.7 Å². The van der Waals surface area contributed by atoms with Gasteiger partial charge in [0.25, 0.3) is 0 Å². The number of nitrogen functional groups attached to an aromatic ring is 1. The number of benzene rings is 6. The molecule has 2 heterocycles. The molecule has 0 aliphatic carbocycles. The minimum atomic E-state index is -3.86. The lowest BCUT2D eigenvalue weighted by molar-refractivity contribution is 0.273. The largest absolute Gasteiger partial charge is 0.487 e. The number of sulfonamides is 2. The molecule has 0 saturated carbocycles. The van der Waals surface area contributed by atoms with Gasteiger partial charge in [0, 0.05) is 81.3 Å². The van der Waals surface area contributed by atoms with Crippen molar-refractivity contribution < 1.29 is 36.5 Å². The first-order valence-corrected chi connectivity index (χ1v) is 28.0. The topological polar surface area (TPSA) is 289 Å². The Morgan fingerprint density at radius 3 is 1.56 bits per heavy atom. The van der Waals surface area contributed by atoms with E-state index in [1.807, 2.05) is 113 Å². The van der Waals surface area contributed by atoms with Crippen LogP contribution in [0.2, 0.25) is 0 Å². The molecule has 0 aliphatic rings. The molecule has 8 rings (SSSR count). The van der Waals surface area contributed by atoms with Gasteiger partial charge < -0.3 is 36.1 Å².